The Hall–Kier alpha value is -2.36. The van der Waals surface area contributed by atoms with Crippen molar-refractivity contribution in [1.82, 2.24) is 5.32 Å². The third-order valence-corrected chi connectivity index (χ3v) is 3.28. The highest BCUT2D eigenvalue weighted by molar-refractivity contribution is 5.76. The number of benzene rings is 2. The maximum Gasteiger partial charge on any atom is 0.220 e. The summed E-state index contributed by atoms with van der Waals surface area (Å²) in [6, 6.07) is 14.0. The number of aryl methyl sites for hydroxylation is 1. The van der Waals surface area contributed by atoms with E-state index >= 15 is 0 Å². The lowest BCUT2D eigenvalue weighted by Gasteiger charge is -2.11. The second-order valence-electron chi connectivity index (χ2n) is 4.95. The third-order valence-electron chi connectivity index (χ3n) is 3.28. The fourth-order valence-corrected chi connectivity index (χ4v) is 2.18. The highest BCUT2D eigenvalue weighted by atomic mass is 19.1. The molecule has 0 unspecified atom stereocenters. The highest BCUT2D eigenvalue weighted by Gasteiger charge is 2.06. The molecule has 2 rings (SSSR count). The van der Waals surface area contributed by atoms with Gasteiger partial charge in [0.25, 0.3) is 0 Å². The number of rotatable bonds is 7. The second-order valence-corrected chi connectivity index (χ2v) is 4.95. The molecule has 0 radical (unpaired) electrons. The number of carbonyl (C=O) groups is 1. The van der Waals surface area contributed by atoms with Crippen LogP contribution >= 0.6 is 0 Å². The van der Waals surface area contributed by atoms with E-state index in [2.05, 4.69) is 5.32 Å². The molecule has 0 saturated heterocycles. The lowest BCUT2D eigenvalue weighted by Crippen LogP contribution is -2.23. The minimum atomic E-state index is -0.274. The van der Waals surface area contributed by atoms with Gasteiger partial charge in [-0.1, -0.05) is 30.3 Å². The van der Waals surface area contributed by atoms with E-state index in [1.165, 1.54) is 12.1 Å². The van der Waals surface area contributed by atoms with E-state index in [1.54, 1.807) is 6.07 Å². The first kappa shape index (κ1) is 16.0. The molecule has 0 aliphatic heterocycles. The Morgan fingerprint density at radius 1 is 1.18 bits per heavy atom. The van der Waals surface area contributed by atoms with Gasteiger partial charge in [-0.25, -0.2) is 4.39 Å². The monoisotopic (exact) mass is 301 g/mol. The van der Waals surface area contributed by atoms with E-state index in [1.807, 2.05) is 37.3 Å². The molecule has 2 aromatic carbocycles. The van der Waals surface area contributed by atoms with E-state index in [-0.39, 0.29) is 11.7 Å². The van der Waals surface area contributed by atoms with Gasteiger partial charge in [0, 0.05) is 18.5 Å². The number of ether oxygens (including phenoxy) is 1. The largest absolute Gasteiger partial charge is 0.494 e. The van der Waals surface area contributed by atoms with Crippen LogP contribution < -0.4 is 10.1 Å². The predicted octanol–water partition coefficient (Wildman–Crippen LogP) is 3.47. The lowest BCUT2D eigenvalue weighted by atomic mass is 10.1. The number of nitrogens with one attached hydrogen (secondary N) is 1. The maximum atomic E-state index is 13.1. The first-order chi connectivity index (χ1) is 10.7. The van der Waals surface area contributed by atoms with E-state index < -0.39 is 0 Å². The van der Waals surface area contributed by atoms with Gasteiger partial charge in [0.1, 0.15) is 11.6 Å². The molecular weight excluding hydrogens is 281 g/mol. The summed E-state index contributed by atoms with van der Waals surface area (Å²) < 4.78 is 18.6. The Morgan fingerprint density at radius 2 is 2.00 bits per heavy atom. The zero-order chi connectivity index (χ0) is 15.8. The molecule has 0 heterocycles. The molecule has 2 aromatic rings. The normalized spacial score (nSPS) is 10.3. The minimum Gasteiger partial charge on any atom is -0.494 e. The van der Waals surface area contributed by atoms with Gasteiger partial charge in [0.15, 0.2) is 0 Å². The van der Waals surface area contributed by atoms with Crippen LogP contribution in [0.1, 0.15) is 24.5 Å². The molecule has 116 valence electrons. The van der Waals surface area contributed by atoms with Crippen LogP contribution in [-0.4, -0.2) is 12.5 Å². The van der Waals surface area contributed by atoms with Crippen LogP contribution in [0.25, 0.3) is 0 Å². The molecule has 0 fully saturated rings. The fraction of sp³-hybridized carbons (Fsp3) is 0.278. The predicted molar refractivity (Wildman–Crippen MR) is 84.2 cm³/mol. The van der Waals surface area contributed by atoms with Gasteiger partial charge in [-0.15, -0.1) is 0 Å². The van der Waals surface area contributed by atoms with Crippen LogP contribution in [0.2, 0.25) is 0 Å². The number of para-hydroxylation sites is 1. The van der Waals surface area contributed by atoms with Crippen molar-refractivity contribution in [3.63, 3.8) is 0 Å². The van der Waals surface area contributed by atoms with Crippen LogP contribution in [0.15, 0.2) is 48.5 Å². The van der Waals surface area contributed by atoms with Crippen molar-refractivity contribution in [2.24, 2.45) is 0 Å². The Bertz CT molecular complexity index is 628. The molecule has 0 saturated carbocycles. The lowest BCUT2D eigenvalue weighted by molar-refractivity contribution is -0.121. The fourth-order valence-electron chi connectivity index (χ4n) is 2.18. The Morgan fingerprint density at radius 3 is 2.77 bits per heavy atom. The molecular formula is C18H20FNO2. The van der Waals surface area contributed by atoms with Gasteiger partial charge >= 0.3 is 0 Å². The van der Waals surface area contributed by atoms with Crippen LogP contribution in [0.3, 0.4) is 0 Å². The van der Waals surface area contributed by atoms with E-state index in [4.69, 9.17) is 4.74 Å². The topological polar surface area (TPSA) is 38.3 Å². The molecule has 1 amide bonds. The number of carbonyl (C=O) groups excluding carboxylic acids is 1. The molecule has 22 heavy (non-hydrogen) atoms. The van der Waals surface area contributed by atoms with Crippen molar-refractivity contribution in [2.45, 2.75) is 26.3 Å². The number of halogens is 1. The maximum absolute atomic E-state index is 13.1. The van der Waals surface area contributed by atoms with Gasteiger partial charge in [0.2, 0.25) is 5.91 Å². The van der Waals surface area contributed by atoms with Gasteiger partial charge in [0.05, 0.1) is 6.61 Å². The Kier molecular flexibility index (Phi) is 5.95. The number of amides is 1. The summed E-state index contributed by atoms with van der Waals surface area (Å²) >= 11 is 0. The Labute approximate surface area is 130 Å². The minimum absolute atomic E-state index is 0.0597. The molecule has 0 spiro atoms. The van der Waals surface area contributed by atoms with Crippen LogP contribution in [0.4, 0.5) is 4.39 Å². The quantitative estimate of drug-likeness (QED) is 0.850. The van der Waals surface area contributed by atoms with Gasteiger partial charge in [-0.2, -0.15) is 0 Å². The first-order valence-electron chi connectivity index (χ1n) is 7.41. The molecule has 0 aliphatic rings. The number of hydrogen-bond donors (Lipinski definition) is 1. The summed E-state index contributed by atoms with van der Waals surface area (Å²) in [5, 5.41) is 2.87. The van der Waals surface area contributed by atoms with Crippen molar-refractivity contribution in [3.8, 4) is 5.75 Å². The first-order valence-corrected chi connectivity index (χ1v) is 7.41. The summed E-state index contributed by atoms with van der Waals surface area (Å²) in [5.74, 6) is 0.453. The third kappa shape index (κ3) is 4.88. The summed E-state index contributed by atoms with van der Waals surface area (Å²) in [4.78, 5) is 11.9. The molecule has 0 aliphatic carbocycles. The van der Waals surface area contributed by atoms with Crippen molar-refractivity contribution in [2.75, 3.05) is 6.61 Å². The average molecular weight is 301 g/mol. The summed E-state index contributed by atoms with van der Waals surface area (Å²) in [5.41, 5.74) is 1.77. The molecule has 1 N–H and O–H groups in total. The van der Waals surface area contributed by atoms with E-state index in [9.17, 15) is 9.18 Å². The van der Waals surface area contributed by atoms with Gasteiger partial charge in [-0.3, -0.25) is 4.79 Å². The molecule has 0 bridgehead atoms. The van der Waals surface area contributed by atoms with Crippen molar-refractivity contribution in [3.05, 3.63) is 65.5 Å². The smallest absolute Gasteiger partial charge is 0.220 e. The van der Waals surface area contributed by atoms with Gasteiger partial charge < -0.3 is 10.1 Å². The van der Waals surface area contributed by atoms with E-state index in [0.717, 1.165) is 16.9 Å². The van der Waals surface area contributed by atoms with E-state index in [0.29, 0.717) is 26.0 Å². The SMILES string of the molecule is CCOc1ccccc1CNC(=O)CCc1cccc(F)c1. The van der Waals surface area contributed by atoms with Crippen molar-refractivity contribution >= 4 is 5.91 Å². The molecule has 3 nitrogen and oxygen atoms in total. The highest BCUT2D eigenvalue weighted by Crippen LogP contribution is 2.17. The van der Waals surface area contributed by atoms with Crippen molar-refractivity contribution in [1.29, 1.82) is 0 Å². The Balaban J connectivity index is 1.83. The van der Waals surface area contributed by atoms with Crippen LogP contribution in [-0.2, 0) is 17.8 Å². The second kappa shape index (κ2) is 8.17. The summed E-state index contributed by atoms with van der Waals surface area (Å²) in [6.07, 6.45) is 0.858. The van der Waals surface area contributed by atoms with Crippen LogP contribution in [0, 0.1) is 5.82 Å². The summed E-state index contributed by atoms with van der Waals surface area (Å²) in [6.45, 7) is 2.94. The standard InChI is InChI=1S/C18H20FNO2/c1-2-22-17-9-4-3-7-15(17)13-20-18(21)11-10-14-6-5-8-16(19)12-14/h3-9,12H,2,10-11,13H2,1H3,(H,20,21). The summed E-state index contributed by atoms with van der Waals surface area (Å²) in [7, 11) is 0. The van der Waals surface area contributed by atoms with Crippen LogP contribution in [0.5, 0.6) is 5.75 Å². The van der Waals surface area contributed by atoms with Gasteiger partial charge in [-0.05, 0) is 37.1 Å². The van der Waals surface area contributed by atoms with Crippen molar-refractivity contribution < 1.29 is 13.9 Å². The number of hydrogen-bond acceptors (Lipinski definition) is 2. The zero-order valence-corrected chi connectivity index (χ0v) is 12.6. The average Bonchev–Trinajstić information content (AvgIpc) is 2.52. The molecule has 0 atom stereocenters. The molecule has 4 heteroatoms. The zero-order valence-electron chi connectivity index (χ0n) is 12.6. The molecule has 0 aromatic heterocycles.